The van der Waals surface area contributed by atoms with Gasteiger partial charge in [0.2, 0.25) is 0 Å². The molecule has 0 unspecified atom stereocenters. The first-order valence-corrected chi connectivity index (χ1v) is 15.4. The summed E-state index contributed by atoms with van der Waals surface area (Å²) in [6.07, 6.45) is 2.45. The number of aldehydes is 3. The summed E-state index contributed by atoms with van der Waals surface area (Å²) < 4.78 is 0. The molecule has 0 aliphatic carbocycles. The van der Waals surface area contributed by atoms with Crippen LogP contribution in [0.2, 0.25) is 0 Å². The van der Waals surface area contributed by atoms with E-state index in [1.807, 2.05) is 109 Å². The maximum atomic E-state index is 11.0. The molecule has 49 heavy (non-hydrogen) atoms. The summed E-state index contributed by atoms with van der Waals surface area (Å²) in [5.74, 6) is 19.1. The van der Waals surface area contributed by atoms with E-state index in [1.165, 1.54) is 0 Å². The van der Waals surface area contributed by atoms with Crippen LogP contribution in [0.25, 0.3) is 0 Å². The predicted molar refractivity (Wildman–Crippen MR) is 195 cm³/mol. The van der Waals surface area contributed by atoms with Gasteiger partial charge in [-0.1, -0.05) is 71.9 Å². The van der Waals surface area contributed by atoms with E-state index in [0.29, 0.717) is 16.7 Å². The molecule has 0 aromatic heterocycles. The van der Waals surface area contributed by atoms with Gasteiger partial charge in [-0.2, -0.15) is 0 Å². The number of carbonyl (C=O) groups excluding carboxylic acids is 3. The maximum absolute atomic E-state index is 11.0. The van der Waals surface area contributed by atoms with E-state index in [2.05, 4.69) is 40.4 Å². The first-order valence-electron chi connectivity index (χ1n) is 15.4. The number of anilines is 3. The van der Waals surface area contributed by atoms with E-state index >= 15 is 0 Å². The Labute approximate surface area is 285 Å². The monoisotopic (exact) mass is 629 g/mol. The summed E-state index contributed by atoms with van der Waals surface area (Å²) in [7, 11) is 0. The SMILES string of the molecule is O=Cc1ccc(C#Cc2ccc(N(c3ccc(C#Cc4ccc(C=O)cc4)cc3)c3ccc(C#Cc4ccc(C=O)cc4)cc3)cc2)cc1. The van der Waals surface area contributed by atoms with E-state index in [1.54, 1.807) is 36.4 Å². The van der Waals surface area contributed by atoms with Gasteiger partial charge in [0.05, 0.1) is 0 Å². The summed E-state index contributed by atoms with van der Waals surface area (Å²) in [5, 5.41) is 0. The maximum Gasteiger partial charge on any atom is 0.150 e. The number of hydrogen-bond acceptors (Lipinski definition) is 4. The molecule has 4 heteroatoms. The van der Waals surface area contributed by atoms with Crippen LogP contribution in [0.15, 0.2) is 146 Å². The van der Waals surface area contributed by atoms with Gasteiger partial charge in [0, 0.05) is 67.1 Å². The smallest absolute Gasteiger partial charge is 0.150 e. The van der Waals surface area contributed by atoms with Gasteiger partial charge >= 0.3 is 0 Å². The predicted octanol–water partition coefficient (Wildman–Crippen LogP) is 8.79. The van der Waals surface area contributed by atoms with Crippen molar-refractivity contribution in [1.29, 1.82) is 0 Å². The third kappa shape index (κ3) is 8.35. The highest BCUT2D eigenvalue weighted by Gasteiger charge is 2.12. The van der Waals surface area contributed by atoms with Crippen LogP contribution in [0.3, 0.4) is 0 Å². The van der Waals surface area contributed by atoms with Crippen LogP contribution >= 0.6 is 0 Å². The van der Waals surface area contributed by atoms with Crippen LogP contribution in [-0.4, -0.2) is 18.9 Å². The van der Waals surface area contributed by atoms with Crippen molar-refractivity contribution in [2.24, 2.45) is 0 Å². The minimum atomic E-state index is 0.617. The molecule has 0 spiro atoms. The molecule has 6 aromatic carbocycles. The Hall–Kier alpha value is -7.19. The van der Waals surface area contributed by atoms with Gasteiger partial charge in [-0.25, -0.2) is 0 Å². The summed E-state index contributed by atoms with van der Waals surface area (Å²) in [5.41, 5.74) is 9.78. The average molecular weight is 630 g/mol. The Kier molecular flexibility index (Phi) is 9.99. The van der Waals surface area contributed by atoms with Gasteiger partial charge < -0.3 is 4.90 Å². The van der Waals surface area contributed by atoms with Crippen molar-refractivity contribution >= 4 is 35.9 Å². The molecule has 0 radical (unpaired) electrons. The third-order valence-electron chi connectivity index (χ3n) is 7.57. The molecular weight excluding hydrogens is 602 g/mol. The van der Waals surface area contributed by atoms with Crippen molar-refractivity contribution in [1.82, 2.24) is 0 Å². The highest BCUT2D eigenvalue weighted by molar-refractivity contribution is 5.78. The quantitative estimate of drug-likeness (QED) is 0.137. The molecule has 0 amide bonds. The third-order valence-corrected chi connectivity index (χ3v) is 7.57. The zero-order chi connectivity index (χ0) is 33.8. The van der Waals surface area contributed by atoms with Crippen molar-refractivity contribution in [3.63, 3.8) is 0 Å². The molecule has 0 fully saturated rings. The lowest BCUT2D eigenvalue weighted by atomic mass is 10.1. The average Bonchev–Trinajstić information content (AvgIpc) is 3.17. The topological polar surface area (TPSA) is 54.5 Å². The highest BCUT2D eigenvalue weighted by Crippen LogP contribution is 2.34. The van der Waals surface area contributed by atoms with Crippen molar-refractivity contribution in [3.05, 3.63) is 196 Å². The van der Waals surface area contributed by atoms with Crippen molar-refractivity contribution in [2.45, 2.75) is 0 Å². The molecular formula is C45H27NO3. The summed E-state index contributed by atoms with van der Waals surface area (Å²) in [6, 6.07) is 45.7. The molecule has 0 N–H and O–H groups in total. The van der Waals surface area contributed by atoms with Crippen LogP contribution in [0.5, 0.6) is 0 Å². The molecule has 6 aromatic rings. The molecule has 0 atom stereocenters. The van der Waals surface area contributed by atoms with Crippen LogP contribution in [0.1, 0.15) is 64.5 Å². The number of benzene rings is 6. The number of hydrogen-bond donors (Lipinski definition) is 0. The molecule has 230 valence electrons. The van der Waals surface area contributed by atoms with Crippen molar-refractivity contribution < 1.29 is 14.4 Å². The van der Waals surface area contributed by atoms with E-state index in [4.69, 9.17) is 0 Å². The second-order valence-electron chi connectivity index (χ2n) is 10.9. The fourth-order valence-electron chi connectivity index (χ4n) is 4.90. The van der Waals surface area contributed by atoms with E-state index in [0.717, 1.165) is 69.3 Å². The van der Waals surface area contributed by atoms with Gasteiger partial charge in [0.1, 0.15) is 18.9 Å². The number of carbonyl (C=O) groups is 3. The zero-order valence-electron chi connectivity index (χ0n) is 26.3. The fourth-order valence-corrected chi connectivity index (χ4v) is 4.90. The van der Waals surface area contributed by atoms with E-state index in [9.17, 15) is 14.4 Å². The van der Waals surface area contributed by atoms with Crippen molar-refractivity contribution in [2.75, 3.05) is 4.90 Å². The van der Waals surface area contributed by atoms with Crippen LogP contribution in [-0.2, 0) is 0 Å². The molecule has 0 aliphatic heterocycles. The second kappa shape index (κ2) is 15.4. The summed E-state index contributed by atoms with van der Waals surface area (Å²) in [4.78, 5) is 35.0. The molecule has 4 nitrogen and oxygen atoms in total. The van der Waals surface area contributed by atoms with Gasteiger partial charge in [-0.05, 0) is 109 Å². The van der Waals surface area contributed by atoms with E-state index < -0.39 is 0 Å². The molecule has 0 aliphatic rings. The second-order valence-corrected chi connectivity index (χ2v) is 10.9. The Morgan fingerprint density at radius 2 is 0.469 bits per heavy atom. The van der Waals surface area contributed by atoms with Gasteiger partial charge in [0.15, 0.2) is 0 Å². The lowest BCUT2D eigenvalue weighted by Gasteiger charge is -2.25. The molecule has 0 bridgehead atoms. The standard InChI is InChI=1S/C45H27NO3/c47-31-40-13-7-34(8-14-40)1-4-37-19-25-43(26-20-37)46(44-27-21-38(22-28-44)5-2-35-9-15-41(32-48)16-10-35)45-29-23-39(24-30-45)6-3-36-11-17-42(33-49)18-12-36/h7-33H. The molecule has 0 heterocycles. The lowest BCUT2D eigenvalue weighted by Crippen LogP contribution is -2.09. The molecule has 6 rings (SSSR count). The highest BCUT2D eigenvalue weighted by atomic mass is 16.1. The summed E-state index contributed by atoms with van der Waals surface area (Å²) >= 11 is 0. The van der Waals surface area contributed by atoms with Gasteiger partial charge in [-0.3, -0.25) is 14.4 Å². The number of rotatable bonds is 6. The van der Waals surface area contributed by atoms with Gasteiger partial charge in [0.25, 0.3) is 0 Å². The Bertz CT molecular complexity index is 2020. The minimum Gasteiger partial charge on any atom is -0.311 e. The molecule has 0 saturated carbocycles. The first kappa shape index (κ1) is 31.8. The van der Waals surface area contributed by atoms with E-state index in [-0.39, 0.29) is 0 Å². The van der Waals surface area contributed by atoms with Crippen LogP contribution in [0.4, 0.5) is 17.1 Å². The minimum absolute atomic E-state index is 0.617. The Balaban J connectivity index is 1.28. The molecule has 0 saturated heterocycles. The van der Waals surface area contributed by atoms with Gasteiger partial charge in [-0.15, -0.1) is 0 Å². The first-order chi connectivity index (χ1) is 24.1. The normalized spacial score (nSPS) is 9.80. The number of nitrogens with zero attached hydrogens (tertiary/aromatic N) is 1. The van der Waals surface area contributed by atoms with Crippen molar-refractivity contribution in [3.8, 4) is 35.5 Å². The van der Waals surface area contributed by atoms with Crippen LogP contribution < -0.4 is 4.90 Å². The lowest BCUT2D eigenvalue weighted by molar-refractivity contribution is 0.111. The summed E-state index contributed by atoms with van der Waals surface area (Å²) in [6.45, 7) is 0. The Morgan fingerprint density at radius 3 is 0.653 bits per heavy atom. The Morgan fingerprint density at radius 1 is 0.286 bits per heavy atom. The zero-order valence-corrected chi connectivity index (χ0v) is 26.3. The fraction of sp³-hybridized carbons (Fsp3) is 0. The van der Waals surface area contributed by atoms with Crippen LogP contribution in [0, 0.1) is 35.5 Å². The largest absolute Gasteiger partial charge is 0.311 e.